The summed E-state index contributed by atoms with van der Waals surface area (Å²) >= 11 is 0. The molecule has 0 radical (unpaired) electrons. The predicted octanol–water partition coefficient (Wildman–Crippen LogP) is 3.41. The molecule has 2 aromatic carbocycles. The molecule has 1 unspecified atom stereocenters. The van der Waals surface area contributed by atoms with Gasteiger partial charge in [-0.2, -0.15) is 5.10 Å². The van der Waals surface area contributed by atoms with Crippen molar-refractivity contribution in [1.82, 2.24) is 19.6 Å². The average Bonchev–Trinajstić information content (AvgIpc) is 3.45. The van der Waals surface area contributed by atoms with Crippen molar-refractivity contribution in [3.05, 3.63) is 83.4 Å². The zero-order chi connectivity index (χ0) is 25.4. The first kappa shape index (κ1) is 23.9. The van der Waals surface area contributed by atoms with Crippen molar-refractivity contribution < 1.29 is 27.9 Å². The van der Waals surface area contributed by atoms with E-state index in [1.165, 1.54) is 40.0 Å². The lowest BCUT2D eigenvalue weighted by atomic mass is 9.90. The molecule has 5 rings (SSSR count). The molecule has 2 aliphatic rings. The van der Waals surface area contributed by atoms with Crippen LogP contribution in [0.15, 0.2) is 60.8 Å². The number of carbonyl (C=O) groups excluding carboxylic acids is 2. The standard InChI is InChI=1S/C26H25F3N4O3/c27-19-6-8-20(9-7-19)33-23(18-10-12-31(13-11-18)25(35)36)21(14-30-33)24(34)32-15-22(26(28,29)16-32)17-4-2-1-3-5-17/h1-9,14,18,22H,10-13,15-16H2,(H,35,36)/p-1. The van der Waals surface area contributed by atoms with E-state index in [1.54, 1.807) is 30.3 Å². The lowest BCUT2D eigenvalue weighted by Crippen LogP contribution is -2.45. The second kappa shape index (κ2) is 9.33. The maximum atomic E-state index is 15.0. The number of halogens is 3. The van der Waals surface area contributed by atoms with Crippen LogP contribution in [0.4, 0.5) is 18.0 Å². The van der Waals surface area contributed by atoms with E-state index in [4.69, 9.17) is 0 Å². The Morgan fingerprint density at radius 1 is 0.972 bits per heavy atom. The monoisotopic (exact) mass is 497 g/mol. The van der Waals surface area contributed by atoms with Crippen LogP contribution in [0.1, 0.15) is 46.3 Å². The van der Waals surface area contributed by atoms with Crippen molar-refractivity contribution in [3.63, 3.8) is 0 Å². The largest absolute Gasteiger partial charge is 0.530 e. The van der Waals surface area contributed by atoms with Gasteiger partial charge in [0.25, 0.3) is 11.8 Å². The van der Waals surface area contributed by atoms with Crippen molar-refractivity contribution in [3.8, 4) is 5.69 Å². The van der Waals surface area contributed by atoms with E-state index in [-0.39, 0.29) is 31.1 Å². The highest BCUT2D eigenvalue weighted by Crippen LogP contribution is 2.41. The highest BCUT2D eigenvalue weighted by molar-refractivity contribution is 5.96. The van der Waals surface area contributed by atoms with Crippen LogP contribution >= 0.6 is 0 Å². The van der Waals surface area contributed by atoms with Gasteiger partial charge in [-0.25, -0.2) is 17.9 Å². The summed E-state index contributed by atoms with van der Waals surface area (Å²) in [4.78, 5) is 27.2. The van der Waals surface area contributed by atoms with Crippen molar-refractivity contribution >= 4 is 12.0 Å². The third-order valence-corrected chi connectivity index (χ3v) is 7.05. The van der Waals surface area contributed by atoms with Gasteiger partial charge < -0.3 is 19.7 Å². The zero-order valence-corrected chi connectivity index (χ0v) is 19.3. The van der Waals surface area contributed by atoms with Crippen molar-refractivity contribution in [2.24, 2.45) is 0 Å². The quantitative estimate of drug-likeness (QED) is 0.553. The van der Waals surface area contributed by atoms with E-state index in [0.717, 1.165) is 4.90 Å². The van der Waals surface area contributed by atoms with Gasteiger partial charge in [0.1, 0.15) is 11.9 Å². The minimum Gasteiger partial charge on any atom is -0.530 e. The maximum absolute atomic E-state index is 15.0. The summed E-state index contributed by atoms with van der Waals surface area (Å²) in [7, 11) is 0. The average molecular weight is 497 g/mol. The molecule has 3 aromatic rings. The van der Waals surface area contributed by atoms with Crippen LogP contribution in [-0.2, 0) is 0 Å². The number of likely N-dealkylation sites (tertiary alicyclic amines) is 2. The molecule has 0 saturated carbocycles. The summed E-state index contributed by atoms with van der Waals surface area (Å²) in [6, 6.07) is 14.0. The van der Waals surface area contributed by atoms with Gasteiger partial charge in [-0.1, -0.05) is 30.3 Å². The van der Waals surface area contributed by atoms with E-state index >= 15 is 0 Å². The minimum atomic E-state index is -3.09. The Hall–Kier alpha value is -3.82. The van der Waals surface area contributed by atoms with Gasteiger partial charge in [-0.3, -0.25) is 4.79 Å². The number of amides is 2. The summed E-state index contributed by atoms with van der Waals surface area (Å²) in [5.74, 6) is -5.45. The predicted molar refractivity (Wildman–Crippen MR) is 122 cm³/mol. The summed E-state index contributed by atoms with van der Waals surface area (Å²) in [6.07, 6.45) is 0.914. The Labute approximate surface area is 205 Å². The summed E-state index contributed by atoms with van der Waals surface area (Å²) in [5.41, 5.74) is 1.68. The number of piperidine rings is 1. The third kappa shape index (κ3) is 4.43. The molecule has 188 valence electrons. The van der Waals surface area contributed by atoms with Gasteiger partial charge in [-0.05, 0) is 42.7 Å². The molecule has 2 aliphatic heterocycles. The highest BCUT2D eigenvalue weighted by atomic mass is 19.3. The number of benzene rings is 2. The highest BCUT2D eigenvalue weighted by Gasteiger charge is 2.50. The Balaban J connectivity index is 1.48. The normalized spacial score (nSPS) is 20.0. The third-order valence-electron chi connectivity index (χ3n) is 7.05. The van der Waals surface area contributed by atoms with Crippen LogP contribution in [0.5, 0.6) is 0 Å². The van der Waals surface area contributed by atoms with Gasteiger partial charge in [0.2, 0.25) is 0 Å². The summed E-state index contributed by atoms with van der Waals surface area (Å²) in [6.45, 7) is -0.421. The number of alkyl halides is 2. The molecule has 2 fully saturated rings. The van der Waals surface area contributed by atoms with Crippen molar-refractivity contribution in [2.75, 3.05) is 26.2 Å². The van der Waals surface area contributed by atoms with Crippen LogP contribution in [0.2, 0.25) is 0 Å². The molecule has 0 spiro atoms. The second-order valence-corrected chi connectivity index (χ2v) is 9.27. The first-order valence-corrected chi connectivity index (χ1v) is 11.8. The molecule has 7 nitrogen and oxygen atoms in total. The first-order valence-electron chi connectivity index (χ1n) is 11.8. The fourth-order valence-electron chi connectivity index (χ4n) is 5.18. The lowest BCUT2D eigenvalue weighted by Gasteiger charge is -2.34. The van der Waals surface area contributed by atoms with Crippen LogP contribution in [0.25, 0.3) is 5.69 Å². The Bertz CT molecular complexity index is 1260. The van der Waals surface area contributed by atoms with Gasteiger partial charge in [0, 0.05) is 25.6 Å². The molecule has 36 heavy (non-hydrogen) atoms. The first-order chi connectivity index (χ1) is 17.2. The fourth-order valence-corrected chi connectivity index (χ4v) is 5.18. The van der Waals surface area contributed by atoms with E-state index < -0.39 is 36.2 Å². The SMILES string of the molecule is O=C([O-])N1CCC(c2c(C(=O)N3CC(c4ccccc4)C(F)(F)C3)cnn2-c2ccc(F)cc2)CC1. The number of nitrogens with zero attached hydrogens (tertiary/aromatic N) is 4. The van der Waals surface area contributed by atoms with Crippen LogP contribution in [-0.4, -0.2) is 63.7 Å². The molecule has 1 aromatic heterocycles. The number of hydrogen-bond donors (Lipinski definition) is 0. The molecule has 10 heteroatoms. The smallest absolute Gasteiger partial charge is 0.273 e. The number of carboxylic acid groups (broad SMARTS) is 1. The fraction of sp³-hybridized carbons (Fsp3) is 0.346. The summed E-state index contributed by atoms with van der Waals surface area (Å²) < 4.78 is 45.0. The topological polar surface area (TPSA) is 81.5 Å². The molecule has 2 amide bonds. The minimum absolute atomic E-state index is 0.139. The number of carbonyl (C=O) groups is 2. The van der Waals surface area contributed by atoms with Gasteiger partial charge in [-0.15, -0.1) is 0 Å². The molecule has 3 heterocycles. The van der Waals surface area contributed by atoms with Crippen LogP contribution in [0, 0.1) is 5.82 Å². The lowest BCUT2D eigenvalue weighted by molar-refractivity contribution is -0.266. The summed E-state index contributed by atoms with van der Waals surface area (Å²) in [5, 5.41) is 15.6. The Morgan fingerprint density at radius 3 is 2.28 bits per heavy atom. The van der Waals surface area contributed by atoms with E-state index in [1.807, 2.05) is 0 Å². The maximum Gasteiger partial charge on any atom is 0.273 e. The molecule has 1 atom stereocenters. The van der Waals surface area contributed by atoms with E-state index in [2.05, 4.69) is 5.10 Å². The van der Waals surface area contributed by atoms with Crippen LogP contribution < -0.4 is 5.11 Å². The molecule has 2 saturated heterocycles. The Kier molecular flexibility index (Phi) is 6.19. The number of aromatic nitrogens is 2. The number of hydrogen-bond acceptors (Lipinski definition) is 4. The van der Waals surface area contributed by atoms with Crippen LogP contribution in [0.3, 0.4) is 0 Å². The van der Waals surface area contributed by atoms with E-state index in [0.29, 0.717) is 29.8 Å². The van der Waals surface area contributed by atoms with Crippen molar-refractivity contribution in [1.29, 1.82) is 0 Å². The Morgan fingerprint density at radius 2 is 1.64 bits per heavy atom. The molecule has 0 aliphatic carbocycles. The molecule has 0 bridgehead atoms. The van der Waals surface area contributed by atoms with Gasteiger partial charge in [0.15, 0.2) is 0 Å². The molecule has 0 N–H and O–H groups in total. The van der Waals surface area contributed by atoms with E-state index in [9.17, 15) is 27.9 Å². The number of rotatable bonds is 4. The van der Waals surface area contributed by atoms with Gasteiger partial charge in [0.05, 0.1) is 35.6 Å². The van der Waals surface area contributed by atoms with Gasteiger partial charge >= 0.3 is 0 Å². The second-order valence-electron chi connectivity index (χ2n) is 9.27. The molecular formula is C26H24F3N4O3-. The van der Waals surface area contributed by atoms with Crippen molar-refractivity contribution in [2.45, 2.75) is 30.6 Å². The molecular weight excluding hydrogens is 473 g/mol. The zero-order valence-electron chi connectivity index (χ0n) is 19.3.